The zero-order valence-corrected chi connectivity index (χ0v) is 19.3. The number of amides is 1. The van der Waals surface area contributed by atoms with E-state index in [1.54, 1.807) is 23.1 Å². The van der Waals surface area contributed by atoms with Gasteiger partial charge in [-0.25, -0.2) is 0 Å². The molecule has 11 nitrogen and oxygen atoms in total. The fourth-order valence-corrected chi connectivity index (χ4v) is 3.90. The Morgan fingerprint density at radius 1 is 1.29 bits per heavy atom. The third kappa shape index (κ3) is 6.68. The second-order valence-corrected chi connectivity index (χ2v) is 8.61. The molecule has 34 heavy (non-hydrogen) atoms. The highest BCUT2D eigenvalue weighted by molar-refractivity contribution is 5.90. The lowest BCUT2D eigenvalue weighted by atomic mass is 9.96. The van der Waals surface area contributed by atoms with Gasteiger partial charge in [0, 0.05) is 31.5 Å². The number of benzene rings is 1. The van der Waals surface area contributed by atoms with Crippen molar-refractivity contribution in [2.75, 3.05) is 39.4 Å². The van der Waals surface area contributed by atoms with Crippen molar-refractivity contribution >= 4 is 17.6 Å². The Bertz CT molecular complexity index is 1020. The molecule has 2 heterocycles. The molecule has 1 saturated heterocycles. The molecule has 3 rings (SSSR count). The number of hydrogen-bond acceptors (Lipinski definition) is 9. The van der Waals surface area contributed by atoms with Crippen molar-refractivity contribution in [1.29, 1.82) is 5.26 Å². The molecular formula is C23H28N4O7. The number of ether oxygens (including phenoxy) is 2. The van der Waals surface area contributed by atoms with Gasteiger partial charge in [-0.1, -0.05) is 0 Å². The summed E-state index contributed by atoms with van der Waals surface area (Å²) in [6.45, 7) is 5.71. The fraction of sp³-hybridized carbons (Fsp3) is 0.522. The maximum Gasteiger partial charge on any atom is 0.305 e. The van der Waals surface area contributed by atoms with Crippen LogP contribution in [0.4, 0.5) is 0 Å². The molecule has 0 atom stereocenters. The first-order valence-electron chi connectivity index (χ1n) is 11.1. The number of nitrogens with zero attached hydrogens (tertiary/aromatic N) is 4. The third-order valence-electron chi connectivity index (χ3n) is 5.44. The minimum atomic E-state index is -0.884. The van der Waals surface area contributed by atoms with Gasteiger partial charge in [-0.15, -0.1) is 10.1 Å². The maximum absolute atomic E-state index is 13.0. The minimum absolute atomic E-state index is 0.0584. The molecule has 1 fully saturated rings. The number of nitriles is 1. The Morgan fingerprint density at radius 2 is 2.09 bits per heavy atom. The predicted octanol–water partition coefficient (Wildman–Crippen LogP) is 2.14. The van der Waals surface area contributed by atoms with E-state index >= 15 is 0 Å². The first-order chi connectivity index (χ1) is 16.2. The summed E-state index contributed by atoms with van der Waals surface area (Å²) in [5, 5.41) is 18.4. The van der Waals surface area contributed by atoms with E-state index < -0.39 is 10.7 Å². The Hall–Kier alpha value is -3.65. The van der Waals surface area contributed by atoms with Gasteiger partial charge in [0.15, 0.2) is 0 Å². The summed E-state index contributed by atoms with van der Waals surface area (Å²) in [4.78, 5) is 42.8. The van der Waals surface area contributed by atoms with Crippen molar-refractivity contribution in [3.05, 3.63) is 45.5 Å². The average molecular weight is 472 g/mol. The highest BCUT2D eigenvalue weighted by Gasteiger charge is 2.34. The van der Waals surface area contributed by atoms with Crippen LogP contribution >= 0.6 is 0 Å². The molecule has 1 aromatic rings. The van der Waals surface area contributed by atoms with Crippen LogP contribution in [0.15, 0.2) is 24.3 Å². The largest absolute Gasteiger partial charge is 0.483 e. The van der Waals surface area contributed by atoms with Crippen LogP contribution in [-0.2, 0) is 19.2 Å². The summed E-state index contributed by atoms with van der Waals surface area (Å²) in [6.07, 6.45) is 2.90. The SMILES string of the molecule is CC1(C)C=C(N2CCN(CCCC(=O)OCCCO[N+](=O)[O-])CC2=O)c2cc(C#N)ccc2O1. The molecule has 0 aromatic heterocycles. The normalized spacial score (nSPS) is 17.1. The highest BCUT2D eigenvalue weighted by atomic mass is 16.9. The van der Waals surface area contributed by atoms with E-state index in [0.29, 0.717) is 37.4 Å². The Morgan fingerprint density at radius 3 is 2.79 bits per heavy atom. The van der Waals surface area contributed by atoms with Crippen LogP contribution in [-0.4, -0.2) is 71.8 Å². The third-order valence-corrected chi connectivity index (χ3v) is 5.44. The highest BCUT2D eigenvalue weighted by Crippen LogP contribution is 2.38. The van der Waals surface area contributed by atoms with Crippen molar-refractivity contribution in [2.45, 2.75) is 38.7 Å². The van der Waals surface area contributed by atoms with E-state index in [0.717, 1.165) is 11.3 Å². The second-order valence-electron chi connectivity index (χ2n) is 8.61. The zero-order valence-electron chi connectivity index (χ0n) is 19.3. The summed E-state index contributed by atoms with van der Waals surface area (Å²) in [6, 6.07) is 7.33. The minimum Gasteiger partial charge on any atom is -0.483 e. The summed E-state index contributed by atoms with van der Waals surface area (Å²) in [5.41, 5.74) is 1.38. The fourth-order valence-electron chi connectivity index (χ4n) is 3.90. The van der Waals surface area contributed by atoms with Crippen molar-refractivity contribution in [3.63, 3.8) is 0 Å². The standard InChI is InChI=1S/C23H28N4O7/c1-23(2)14-19(18-13-17(15-24)6-7-20(18)34-23)26-10-9-25(16-21(26)28)8-3-5-22(29)32-11-4-12-33-27(30)31/h6-7,13-14H,3-5,8-12,16H2,1-2H3. The number of hydrogen-bond donors (Lipinski definition) is 0. The molecule has 0 saturated carbocycles. The molecule has 0 N–H and O–H groups in total. The summed E-state index contributed by atoms with van der Waals surface area (Å²) in [5.74, 6) is 0.197. The number of piperazine rings is 1. The molecule has 1 amide bonds. The number of esters is 1. The number of carbonyl (C=O) groups is 2. The number of fused-ring (bicyclic) bond motifs is 1. The smallest absolute Gasteiger partial charge is 0.305 e. The van der Waals surface area contributed by atoms with Gasteiger partial charge in [0.1, 0.15) is 11.4 Å². The quantitative estimate of drug-likeness (QED) is 0.217. The van der Waals surface area contributed by atoms with Gasteiger partial charge < -0.3 is 19.2 Å². The van der Waals surface area contributed by atoms with E-state index in [1.807, 2.05) is 24.8 Å². The van der Waals surface area contributed by atoms with E-state index in [2.05, 4.69) is 10.9 Å². The number of rotatable bonds is 10. The Kier molecular flexibility index (Phi) is 8.07. The number of carbonyl (C=O) groups excluding carboxylic acids is 2. The molecule has 2 aliphatic heterocycles. The van der Waals surface area contributed by atoms with Crippen LogP contribution in [0, 0.1) is 21.4 Å². The van der Waals surface area contributed by atoms with Gasteiger partial charge >= 0.3 is 5.97 Å². The van der Waals surface area contributed by atoms with Crippen molar-refractivity contribution in [3.8, 4) is 11.8 Å². The molecule has 182 valence electrons. The van der Waals surface area contributed by atoms with Crippen LogP contribution in [0.25, 0.3) is 5.70 Å². The maximum atomic E-state index is 13.0. The molecular weight excluding hydrogens is 444 g/mol. The molecule has 1 aromatic carbocycles. The molecule has 0 spiro atoms. The van der Waals surface area contributed by atoms with Gasteiger partial charge in [0.2, 0.25) is 5.91 Å². The van der Waals surface area contributed by atoms with Crippen LogP contribution in [0.1, 0.15) is 44.2 Å². The molecule has 0 radical (unpaired) electrons. The summed E-state index contributed by atoms with van der Waals surface area (Å²) in [7, 11) is 0. The van der Waals surface area contributed by atoms with Gasteiger partial charge in [0.05, 0.1) is 37.1 Å². The lowest BCUT2D eigenvalue weighted by molar-refractivity contribution is -0.757. The van der Waals surface area contributed by atoms with Crippen LogP contribution in [0.5, 0.6) is 5.75 Å². The molecule has 2 aliphatic rings. The molecule has 0 unspecified atom stereocenters. The van der Waals surface area contributed by atoms with Gasteiger partial charge in [0.25, 0.3) is 5.09 Å². The Balaban J connectivity index is 1.50. The second kappa shape index (κ2) is 11.0. The molecule has 0 aliphatic carbocycles. The summed E-state index contributed by atoms with van der Waals surface area (Å²) < 4.78 is 11.0. The van der Waals surface area contributed by atoms with Crippen molar-refractivity contribution < 1.29 is 29.0 Å². The first-order valence-corrected chi connectivity index (χ1v) is 11.1. The van der Waals surface area contributed by atoms with E-state index in [-0.39, 0.29) is 44.5 Å². The Labute approximate surface area is 197 Å². The lowest BCUT2D eigenvalue weighted by Gasteiger charge is -2.39. The monoisotopic (exact) mass is 472 g/mol. The summed E-state index contributed by atoms with van der Waals surface area (Å²) >= 11 is 0. The van der Waals surface area contributed by atoms with Crippen LogP contribution < -0.4 is 4.74 Å². The van der Waals surface area contributed by atoms with Gasteiger partial charge in [-0.2, -0.15) is 5.26 Å². The van der Waals surface area contributed by atoms with E-state index in [4.69, 9.17) is 9.47 Å². The van der Waals surface area contributed by atoms with Gasteiger partial charge in [-0.05, 0) is 51.1 Å². The van der Waals surface area contributed by atoms with E-state index in [9.17, 15) is 25.0 Å². The first kappa shape index (κ1) is 25.0. The predicted molar refractivity (Wildman–Crippen MR) is 120 cm³/mol. The molecule has 11 heteroatoms. The molecule has 0 bridgehead atoms. The topological polar surface area (TPSA) is 135 Å². The van der Waals surface area contributed by atoms with Crippen molar-refractivity contribution in [1.82, 2.24) is 9.80 Å². The average Bonchev–Trinajstić information content (AvgIpc) is 2.77. The van der Waals surface area contributed by atoms with Crippen LogP contribution in [0.2, 0.25) is 0 Å². The van der Waals surface area contributed by atoms with E-state index in [1.165, 1.54) is 0 Å². The van der Waals surface area contributed by atoms with Gasteiger partial charge in [-0.3, -0.25) is 14.5 Å². The lowest BCUT2D eigenvalue weighted by Crippen LogP contribution is -2.50. The van der Waals surface area contributed by atoms with Crippen molar-refractivity contribution in [2.24, 2.45) is 0 Å². The zero-order chi connectivity index (χ0) is 24.7. The van der Waals surface area contributed by atoms with Crippen LogP contribution in [0.3, 0.4) is 0 Å².